The highest BCUT2D eigenvalue weighted by atomic mass is 16.6. The van der Waals surface area contributed by atoms with Crippen molar-refractivity contribution in [3.8, 4) is 11.7 Å². The molecule has 0 aliphatic carbocycles. The monoisotopic (exact) mass is 370 g/mol. The number of para-hydroxylation sites is 1. The van der Waals surface area contributed by atoms with Gasteiger partial charge in [-0.05, 0) is 31.0 Å². The van der Waals surface area contributed by atoms with E-state index >= 15 is 0 Å². The second-order valence-electron chi connectivity index (χ2n) is 6.88. The van der Waals surface area contributed by atoms with Crippen LogP contribution in [0.4, 0.5) is 0 Å². The first-order chi connectivity index (χ1) is 13.1. The summed E-state index contributed by atoms with van der Waals surface area (Å²) >= 11 is 0. The van der Waals surface area contributed by atoms with Crippen LogP contribution in [0.3, 0.4) is 0 Å². The smallest absolute Gasteiger partial charge is 0.290 e. The fourth-order valence-electron chi connectivity index (χ4n) is 3.45. The lowest BCUT2D eigenvalue weighted by Crippen LogP contribution is -2.52. The van der Waals surface area contributed by atoms with Crippen molar-refractivity contribution in [2.24, 2.45) is 0 Å². The van der Waals surface area contributed by atoms with E-state index in [1.54, 1.807) is 17.0 Å². The first kappa shape index (κ1) is 17.6. The fraction of sp³-hybridized carbons (Fsp3) is 0.400. The zero-order valence-corrected chi connectivity index (χ0v) is 15.0. The van der Waals surface area contributed by atoms with Crippen LogP contribution < -0.4 is 10.1 Å². The number of ether oxygens (including phenoxy) is 2. The molecule has 4 rings (SSSR count). The maximum absolute atomic E-state index is 12.7. The van der Waals surface area contributed by atoms with Crippen LogP contribution in [0, 0.1) is 0 Å². The number of hydrogen-bond donors (Lipinski definition) is 1. The molecule has 27 heavy (non-hydrogen) atoms. The Labute approximate surface area is 157 Å². The summed E-state index contributed by atoms with van der Waals surface area (Å²) < 4.78 is 17.1. The molecule has 7 nitrogen and oxygen atoms in total. The summed E-state index contributed by atoms with van der Waals surface area (Å²) in [7, 11) is 0. The van der Waals surface area contributed by atoms with Crippen molar-refractivity contribution < 1.29 is 23.5 Å². The minimum absolute atomic E-state index is 0.0203. The summed E-state index contributed by atoms with van der Waals surface area (Å²) in [6.07, 6.45) is 1.77. The van der Waals surface area contributed by atoms with Crippen molar-refractivity contribution >= 4 is 11.8 Å². The number of furan rings is 1. The van der Waals surface area contributed by atoms with E-state index in [4.69, 9.17) is 13.9 Å². The van der Waals surface area contributed by atoms with E-state index in [-0.39, 0.29) is 29.1 Å². The van der Waals surface area contributed by atoms with E-state index in [9.17, 15) is 9.59 Å². The summed E-state index contributed by atoms with van der Waals surface area (Å²) in [6.45, 7) is 2.05. The molecule has 1 N–H and O–H groups in total. The first-order valence-electron chi connectivity index (χ1n) is 9.16. The highest BCUT2D eigenvalue weighted by molar-refractivity contribution is 5.91. The second kappa shape index (κ2) is 7.44. The molecule has 0 radical (unpaired) electrons. The maximum Gasteiger partial charge on any atom is 0.290 e. The van der Waals surface area contributed by atoms with Gasteiger partial charge in [0.25, 0.3) is 11.9 Å². The Kier molecular flexibility index (Phi) is 4.85. The van der Waals surface area contributed by atoms with Crippen molar-refractivity contribution in [3.05, 3.63) is 48.2 Å². The number of hydrogen-bond acceptors (Lipinski definition) is 5. The van der Waals surface area contributed by atoms with Crippen LogP contribution in [-0.2, 0) is 9.53 Å². The van der Waals surface area contributed by atoms with Gasteiger partial charge in [0.15, 0.2) is 5.76 Å². The quantitative estimate of drug-likeness (QED) is 0.898. The van der Waals surface area contributed by atoms with E-state index in [2.05, 4.69) is 5.32 Å². The van der Waals surface area contributed by atoms with Gasteiger partial charge in [0.1, 0.15) is 5.75 Å². The van der Waals surface area contributed by atoms with Crippen molar-refractivity contribution in [1.82, 2.24) is 10.2 Å². The summed E-state index contributed by atoms with van der Waals surface area (Å²) in [5.74, 6) is 1.05. The van der Waals surface area contributed by atoms with Crippen LogP contribution in [-0.4, -0.2) is 48.6 Å². The fourth-order valence-corrected chi connectivity index (χ4v) is 3.45. The summed E-state index contributed by atoms with van der Waals surface area (Å²) in [4.78, 5) is 26.0. The molecule has 142 valence electrons. The molecule has 0 unspecified atom stereocenters. The third-order valence-corrected chi connectivity index (χ3v) is 5.06. The van der Waals surface area contributed by atoms with Crippen LogP contribution in [0.1, 0.15) is 29.8 Å². The highest BCUT2D eigenvalue weighted by Gasteiger charge is 2.39. The van der Waals surface area contributed by atoms with Crippen molar-refractivity contribution in [2.75, 3.05) is 26.2 Å². The predicted octanol–water partition coefficient (Wildman–Crippen LogP) is 2.58. The number of piperidine rings is 1. The predicted molar refractivity (Wildman–Crippen MR) is 96.7 cm³/mol. The molecule has 1 aromatic carbocycles. The topological polar surface area (TPSA) is 81.0 Å². The lowest BCUT2D eigenvalue weighted by molar-refractivity contribution is -0.120. The van der Waals surface area contributed by atoms with Crippen LogP contribution in [0.5, 0.6) is 11.7 Å². The number of likely N-dealkylation sites (tertiary alicyclic amines) is 1. The summed E-state index contributed by atoms with van der Waals surface area (Å²) in [5, 5.41) is 2.90. The molecule has 7 heteroatoms. The van der Waals surface area contributed by atoms with Crippen molar-refractivity contribution in [2.45, 2.75) is 24.9 Å². The van der Waals surface area contributed by atoms with E-state index in [0.29, 0.717) is 51.3 Å². The van der Waals surface area contributed by atoms with E-state index in [0.717, 1.165) is 0 Å². The van der Waals surface area contributed by atoms with E-state index in [1.165, 1.54) is 0 Å². The minimum Gasteiger partial charge on any atom is -0.426 e. The molecule has 1 spiro atoms. The molecular weight excluding hydrogens is 348 g/mol. The van der Waals surface area contributed by atoms with Gasteiger partial charge in [0.2, 0.25) is 5.91 Å². The van der Waals surface area contributed by atoms with Gasteiger partial charge in [-0.3, -0.25) is 9.59 Å². The average molecular weight is 370 g/mol. The number of rotatable bonds is 3. The molecule has 2 aliphatic heterocycles. The third-order valence-electron chi connectivity index (χ3n) is 5.06. The Balaban J connectivity index is 1.36. The van der Waals surface area contributed by atoms with Gasteiger partial charge in [-0.2, -0.15) is 0 Å². The summed E-state index contributed by atoms with van der Waals surface area (Å²) in [6, 6.07) is 12.6. The van der Waals surface area contributed by atoms with Crippen molar-refractivity contribution in [1.29, 1.82) is 0 Å². The summed E-state index contributed by atoms with van der Waals surface area (Å²) in [5.41, 5.74) is -0.367. The largest absolute Gasteiger partial charge is 0.426 e. The Morgan fingerprint density at radius 3 is 2.67 bits per heavy atom. The van der Waals surface area contributed by atoms with Gasteiger partial charge in [-0.25, -0.2) is 0 Å². The Morgan fingerprint density at radius 1 is 1.11 bits per heavy atom. The molecule has 0 saturated carbocycles. The number of nitrogens with one attached hydrogen (secondary N) is 1. The highest BCUT2D eigenvalue weighted by Crippen LogP contribution is 2.29. The average Bonchev–Trinajstić information content (AvgIpc) is 3.08. The Bertz CT molecular complexity index is 809. The first-order valence-corrected chi connectivity index (χ1v) is 9.16. The zero-order chi connectivity index (χ0) is 18.7. The molecule has 0 atom stereocenters. The number of carbonyl (C=O) groups is 2. The van der Waals surface area contributed by atoms with Crippen LogP contribution >= 0.6 is 0 Å². The van der Waals surface area contributed by atoms with Gasteiger partial charge in [-0.15, -0.1) is 0 Å². The van der Waals surface area contributed by atoms with Gasteiger partial charge in [-0.1, -0.05) is 18.2 Å². The number of benzene rings is 1. The van der Waals surface area contributed by atoms with E-state index < -0.39 is 0 Å². The lowest BCUT2D eigenvalue weighted by atomic mass is 9.91. The molecule has 2 aromatic rings. The zero-order valence-electron chi connectivity index (χ0n) is 15.0. The van der Waals surface area contributed by atoms with Gasteiger partial charge < -0.3 is 24.1 Å². The lowest BCUT2D eigenvalue weighted by Gasteiger charge is -2.40. The maximum atomic E-state index is 12.7. The standard InChI is InChI=1S/C20H22N2O5/c23-17-8-13-25-20(14-21-17)9-11-22(12-10-20)19(24)16-6-7-18(27-16)26-15-4-2-1-3-5-15/h1-7H,8-14H2,(H,21,23). The molecular formula is C20H22N2O5. The number of amides is 2. The minimum atomic E-state index is -0.367. The molecule has 2 fully saturated rings. The molecule has 0 bridgehead atoms. The van der Waals surface area contributed by atoms with Crippen LogP contribution in [0.2, 0.25) is 0 Å². The van der Waals surface area contributed by atoms with Crippen molar-refractivity contribution in [3.63, 3.8) is 0 Å². The van der Waals surface area contributed by atoms with Gasteiger partial charge in [0, 0.05) is 32.1 Å². The van der Waals surface area contributed by atoms with E-state index in [1.807, 2.05) is 30.3 Å². The third kappa shape index (κ3) is 3.98. The molecule has 1 aromatic heterocycles. The van der Waals surface area contributed by atoms with Gasteiger partial charge in [0.05, 0.1) is 12.2 Å². The molecule has 2 aliphatic rings. The Hall–Kier alpha value is -2.80. The van der Waals surface area contributed by atoms with Gasteiger partial charge >= 0.3 is 0 Å². The molecule has 3 heterocycles. The Morgan fingerprint density at radius 2 is 1.89 bits per heavy atom. The van der Waals surface area contributed by atoms with Crippen LogP contribution in [0.15, 0.2) is 46.9 Å². The number of nitrogens with zero attached hydrogens (tertiary/aromatic N) is 1. The molecule has 2 amide bonds. The van der Waals surface area contributed by atoms with Crippen LogP contribution in [0.25, 0.3) is 0 Å². The normalized spacial score (nSPS) is 19.4. The molecule has 2 saturated heterocycles. The second-order valence-corrected chi connectivity index (χ2v) is 6.88. The number of carbonyl (C=O) groups excluding carboxylic acids is 2. The SMILES string of the molecule is O=C1CCOC2(CCN(C(=O)c3ccc(Oc4ccccc4)o3)CC2)CN1.